The zero-order valence-electron chi connectivity index (χ0n) is 5.93. The molecule has 2 unspecified atom stereocenters. The second-order valence-electron chi connectivity index (χ2n) is 1.88. The van der Waals surface area contributed by atoms with Crippen molar-refractivity contribution in [1.29, 1.82) is 0 Å². The lowest BCUT2D eigenvalue weighted by Gasteiger charge is -2.13. The Bertz CT molecular complexity index is 116. The Balaban J connectivity index is 3.61. The second-order valence-corrected chi connectivity index (χ2v) is 3.96. The highest BCUT2D eigenvalue weighted by Gasteiger charge is 2.15. The summed E-state index contributed by atoms with van der Waals surface area (Å²) in [6.45, 7) is 3.40. The predicted octanol–water partition coefficient (Wildman–Crippen LogP) is 2.44. The first-order valence-corrected chi connectivity index (χ1v) is 4.86. The lowest BCUT2D eigenvalue weighted by atomic mass is 10.4. The van der Waals surface area contributed by atoms with E-state index in [0.29, 0.717) is 0 Å². The van der Waals surface area contributed by atoms with Crippen LogP contribution < -0.4 is 0 Å². The van der Waals surface area contributed by atoms with Crippen LogP contribution in [0.15, 0.2) is 0 Å². The third-order valence-electron chi connectivity index (χ3n) is 0.953. The number of ether oxygens (including phenoxy) is 1. The van der Waals surface area contributed by atoms with Gasteiger partial charge in [0, 0.05) is 6.92 Å². The molecular weight excluding hydrogens is 264 g/mol. The molecule has 0 saturated heterocycles. The van der Waals surface area contributed by atoms with Crippen LogP contribution in [0, 0.1) is 0 Å². The van der Waals surface area contributed by atoms with Crippen molar-refractivity contribution in [2.45, 2.75) is 30.1 Å². The van der Waals surface area contributed by atoms with Gasteiger partial charge < -0.3 is 4.74 Å². The molecule has 4 heteroatoms. The number of carbonyl (C=O) groups is 1. The van der Waals surface area contributed by atoms with E-state index < -0.39 is 0 Å². The minimum atomic E-state index is -0.264. The smallest absolute Gasteiger partial charge is 0.303 e. The summed E-state index contributed by atoms with van der Waals surface area (Å²) < 4.78 is 4.83. The number of esters is 1. The van der Waals surface area contributed by atoms with E-state index in [1.807, 2.05) is 6.92 Å². The maximum Gasteiger partial charge on any atom is 0.303 e. The van der Waals surface area contributed by atoms with Gasteiger partial charge in [-0.25, -0.2) is 0 Å². The molecule has 0 N–H and O–H groups in total. The minimum absolute atomic E-state index is 0.191. The molecule has 0 amide bonds. The first-order valence-electron chi connectivity index (χ1n) is 3.03. The van der Waals surface area contributed by atoms with Crippen molar-refractivity contribution >= 4 is 37.8 Å². The molecule has 0 bridgehead atoms. The number of halogens is 2. The van der Waals surface area contributed by atoms with Gasteiger partial charge in [-0.3, -0.25) is 4.79 Å². The van der Waals surface area contributed by atoms with Gasteiger partial charge in [-0.2, -0.15) is 0 Å². The molecule has 0 aromatic heterocycles. The highest BCUT2D eigenvalue weighted by atomic mass is 79.9. The number of rotatable bonds is 3. The summed E-state index contributed by atoms with van der Waals surface area (Å²) in [5.74, 6) is -0.264. The van der Waals surface area contributed by atoms with Crippen molar-refractivity contribution < 1.29 is 9.53 Å². The molecule has 0 radical (unpaired) electrons. The van der Waals surface area contributed by atoms with Crippen LogP contribution in [-0.2, 0) is 9.53 Å². The van der Waals surface area contributed by atoms with Crippen LogP contribution in [0.5, 0.6) is 0 Å². The number of alkyl halides is 2. The third-order valence-corrected chi connectivity index (χ3v) is 3.62. The summed E-state index contributed by atoms with van der Waals surface area (Å²) in [5.41, 5.74) is 0. The highest BCUT2D eigenvalue weighted by molar-refractivity contribution is 9.12. The van der Waals surface area contributed by atoms with Crippen molar-refractivity contribution in [2.24, 2.45) is 0 Å². The van der Waals surface area contributed by atoms with Gasteiger partial charge >= 0.3 is 5.97 Å². The summed E-state index contributed by atoms with van der Waals surface area (Å²) in [5, 5.41) is -0.213. The summed E-state index contributed by atoms with van der Waals surface area (Å²) in [7, 11) is 0. The van der Waals surface area contributed by atoms with Crippen molar-refractivity contribution in [3.8, 4) is 0 Å². The van der Waals surface area contributed by atoms with E-state index in [2.05, 4.69) is 31.9 Å². The van der Waals surface area contributed by atoms with Gasteiger partial charge in [-0.1, -0.05) is 22.9 Å². The largest absolute Gasteiger partial charge is 0.450 e. The van der Waals surface area contributed by atoms with Gasteiger partial charge in [-0.15, -0.1) is 0 Å². The Labute approximate surface area is 77.6 Å². The zero-order valence-corrected chi connectivity index (χ0v) is 9.11. The molecule has 0 fully saturated rings. The average Bonchev–Trinajstić information content (AvgIpc) is 1.85. The summed E-state index contributed by atoms with van der Waals surface area (Å²) in [6.07, 6.45) is 0.920. The first kappa shape index (κ1) is 10.4. The fourth-order valence-electron chi connectivity index (χ4n) is 0.418. The van der Waals surface area contributed by atoms with Gasteiger partial charge in [-0.05, 0) is 22.4 Å². The van der Waals surface area contributed by atoms with Crippen LogP contribution in [0.2, 0.25) is 0 Å². The Morgan fingerprint density at radius 2 is 2.10 bits per heavy atom. The fourth-order valence-corrected chi connectivity index (χ4v) is 1.16. The van der Waals surface area contributed by atoms with E-state index in [0.717, 1.165) is 6.42 Å². The molecule has 2 atom stereocenters. The molecule has 0 aromatic carbocycles. The molecule has 60 valence electrons. The van der Waals surface area contributed by atoms with Crippen LogP contribution in [0.25, 0.3) is 0 Å². The molecule has 10 heavy (non-hydrogen) atoms. The lowest BCUT2D eigenvalue weighted by molar-refractivity contribution is -0.142. The van der Waals surface area contributed by atoms with Gasteiger partial charge in [0.05, 0.1) is 4.83 Å². The van der Waals surface area contributed by atoms with Gasteiger partial charge in [0.15, 0.2) is 5.01 Å². The Morgan fingerprint density at radius 3 is 2.40 bits per heavy atom. The molecular formula is C6H10Br2O2. The number of hydrogen-bond donors (Lipinski definition) is 0. The topological polar surface area (TPSA) is 26.3 Å². The summed E-state index contributed by atoms with van der Waals surface area (Å²) >= 11 is 6.56. The fraction of sp³-hybridized carbons (Fsp3) is 0.833. The van der Waals surface area contributed by atoms with Gasteiger partial charge in [0.1, 0.15) is 0 Å². The van der Waals surface area contributed by atoms with E-state index in [4.69, 9.17) is 4.74 Å². The molecule has 0 spiro atoms. The summed E-state index contributed by atoms with van der Waals surface area (Å²) in [6, 6.07) is 0. The zero-order chi connectivity index (χ0) is 8.15. The van der Waals surface area contributed by atoms with Crippen LogP contribution in [0.4, 0.5) is 0 Å². The predicted molar refractivity (Wildman–Crippen MR) is 47.5 cm³/mol. The molecule has 0 rings (SSSR count). The Kier molecular flexibility index (Phi) is 5.35. The number of hydrogen-bond acceptors (Lipinski definition) is 2. The van der Waals surface area contributed by atoms with Crippen LogP contribution in [0.1, 0.15) is 20.3 Å². The molecule has 0 saturated carbocycles. The molecule has 0 aliphatic carbocycles. The molecule has 2 nitrogen and oxygen atoms in total. The standard InChI is InChI=1S/C6H10Br2O2/c1-3-5(7)6(8)10-4(2)9/h5-6H,3H2,1-2H3. The van der Waals surface area contributed by atoms with Crippen molar-refractivity contribution in [2.75, 3.05) is 0 Å². The first-order chi connectivity index (χ1) is 4.57. The van der Waals surface area contributed by atoms with Crippen LogP contribution >= 0.6 is 31.9 Å². The Hall–Kier alpha value is 0.430. The Morgan fingerprint density at radius 1 is 1.60 bits per heavy atom. The van der Waals surface area contributed by atoms with E-state index in [-0.39, 0.29) is 15.8 Å². The lowest BCUT2D eigenvalue weighted by Crippen LogP contribution is -2.19. The van der Waals surface area contributed by atoms with E-state index in [1.54, 1.807) is 0 Å². The van der Waals surface area contributed by atoms with E-state index >= 15 is 0 Å². The minimum Gasteiger partial charge on any atom is -0.450 e. The molecule has 0 aliphatic rings. The third kappa shape index (κ3) is 4.28. The second kappa shape index (κ2) is 5.13. The van der Waals surface area contributed by atoms with E-state index in [9.17, 15) is 4.79 Å². The van der Waals surface area contributed by atoms with Gasteiger partial charge in [0.25, 0.3) is 0 Å². The normalized spacial score (nSPS) is 16.0. The summed E-state index contributed by atoms with van der Waals surface area (Å²) in [4.78, 5) is 10.6. The van der Waals surface area contributed by atoms with Crippen LogP contribution in [-0.4, -0.2) is 15.8 Å². The maximum absolute atomic E-state index is 10.4. The quantitative estimate of drug-likeness (QED) is 0.583. The SMILES string of the molecule is CCC(Br)C(Br)OC(C)=O. The molecule has 0 aliphatic heterocycles. The average molecular weight is 274 g/mol. The van der Waals surface area contributed by atoms with Crippen molar-refractivity contribution in [3.63, 3.8) is 0 Å². The molecule has 0 heterocycles. The van der Waals surface area contributed by atoms with Crippen molar-refractivity contribution in [3.05, 3.63) is 0 Å². The molecule has 0 aromatic rings. The highest BCUT2D eigenvalue weighted by Crippen LogP contribution is 2.18. The van der Waals surface area contributed by atoms with E-state index in [1.165, 1.54) is 6.92 Å². The van der Waals surface area contributed by atoms with Crippen LogP contribution in [0.3, 0.4) is 0 Å². The van der Waals surface area contributed by atoms with Gasteiger partial charge in [0.2, 0.25) is 0 Å². The monoisotopic (exact) mass is 272 g/mol. The van der Waals surface area contributed by atoms with Crippen molar-refractivity contribution in [1.82, 2.24) is 0 Å². The maximum atomic E-state index is 10.4. The number of carbonyl (C=O) groups excluding carboxylic acids is 1.